The normalized spacial score (nSPS) is 16.1. The van der Waals surface area contributed by atoms with Crippen LogP contribution in [0.5, 0.6) is 11.5 Å². The molecular weight excluding hydrogens is 588 g/mol. The summed E-state index contributed by atoms with van der Waals surface area (Å²) in [7, 11) is 6.95. The number of fused-ring (bicyclic) bond motifs is 1. The van der Waals surface area contributed by atoms with Crippen molar-refractivity contribution in [1.82, 2.24) is 24.3 Å². The molecule has 2 fully saturated rings. The summed E-state index contributed by atoms with van der Waals surface area (Å²) in [6, 6.07) is 5.31. The fraction of sp³-hybridized carbons (Fsp3) is 0.484. The molecule has 0 atom stereocenters. The minimum Gasteiger partial charge on any atom is -0.497 e. The highest BCUT2D eigenvalue weighted by atomic mass is 35.5. The van der Waals surface area contributed by atoms with Gasteiger partial charge in [0.1, 0.15) is 17.1 Å². The molecule has 1 N–H and O–H groups in total. The number of rotatable bonds is 12. The van der Waals surface area contributed by atoms with Crippen LogP contribution in [0.25, 0.3) is 22.2 Å². The molecule has 1 aromatic carbocycles. The number of pyridine rings is 1. The Kier molecular flexibility index (Phi) is 10.4. The zero-order valence-corrected chi connectivity index (χ0v) is 26.3. The van der Waals surface area contributed by atoms with Gasteiger partial charge in [0, 0.05) is 73.7 Å². The summed E-state index contributed by atoms with van der Waals surface area (Å²) in [6.45, 7) is 3.55. The van der Waals surface area contributed by atoms with Crippen molar-refractivity contribution in [3.63, 3.8) is 0 Å². The molecule has 5 rings (SSSR count). The third kappa shape index (κ3) is 7.32. The predicted molar refractivity (Wildman–Crippen MR) is 169 cm³/mol. The average Bonchev–Trinajstić information content (AvgIpc) is 2.99. The molecule has 2 aliphatic rings. The van der Waals surface area contributed by atoms with Gasteiger partial charge in [-0.05, 0) is 39.1 Å². The number of aromatic nitrogens is 3. The number of nitrogens with one attached hydrogen (secondary N) is 1. The Balaban J connectivity index is 1.40. The van der Waals surface area contributed by atoms with E-state index < -0.39 is 0 Å². The van der Waals surface area contributed by atoms with E-state index in [2.05, 4.69) is 10.3 Å². The van der Waals surface area contributed by atoms with E-state index >= 15 is 0 Å². The van der Waals surface area contributed by atoms with Crippen LogP contribution >= 0.6 is 11.6 Å². The van der Waals surface area contributed by atoms with E-state index in [0.717, 1.165) is 12.8 Å². The van der Waals surface area contributed by atoms with Crippen LogP contribution in [0.2, 0.25) is 5.02 Å². The smallest absolute Gasteiger partial charge is 0.260 e. The fourth-order valence-electron chi connectivity index (χ4n) is 5.19. The number of hydrogen-bond donors (Lipinski definition) is 1. The first kappa shape index (κ1) is 31.7. The van der Waals surface area contributed by atoms with Gasteiger partial charge in [0.15, 0.2) is 0 Å². The lowest BCUT2D eigenvalue weighted by Crippen LogP contribution is -2.54. The monoisotopic (exact) mass is 626 g/mol. The molecule has 3 aromatic rings. The highest BCUT2D eigenvalue weighted by Gasteiger charge is 2.30. The van der Waals surface area contributed by atoms with E-state index in [4.69, 9.17) is 35.5 Å². The molecule has 2 aliphatic heterocycles. The molecule has 0 aliphatic carbocycles. The van der Waals surface area contributed by atoms with E-state index in [1.807, 2.05) is 25.1 Å². The number of nitrogens with zero attached hydrogens (tertiary/aromatic N) is 5. The average molecular weight is 627 g/mol. The van der Waals surface area contributed by atoms with Crippen molar-refractivity contribution in [3.05, 3.63) is 51.9 Å². The van der Waals surface area contributed by atoms with Crippen molar-refractivity contribution < 1.29 is 23.7 Å². The Morgan fingerprint density at radius 1 is 1.16 bits per heavy atom. The Bertz CT molecular complexity index is 1570. The van der Waals surface area contributed by atoms with Gasteiger partial charge >= 0.3 is 0 Å². The predicted octanol–water partition coefficient (Wildman–Crippen LogP) is 3.07. The highest BCUT2D eigenvalue weighted by molar-refractivity contribution is 6.35. The minimum atomic E-state index is -0.287. The fourth-order valence-corrected chi connectivity index (χ4v) is 5.48. The van der Waals surface area contributed by atoms with Gasteiger partial charge in [-0.1, -0.05) is 17.7 Å². The summed E-state index contributed by atoms with van der Waals surface area (Å²) in [4.78, 5) is 39.5. The van der Waals surface area contributed by atoms with E-state index in [-0.39, 0.29) is 36.8 Å². The van der Waals surface area contributed by atoms with Gasteiger partial charge in [0.25, 0.3) is 5.56 Å². The number of anilines is 1. The third-order valence-electron chi connectivity index (χ3n) is 7.70. The van der Waals surface area contributed by atoms with E-state index in [1.54, 1.807) is 47.0 Å². The highest BCUT2D eigenvalue weighted by Crippen LogP contribution is 2.38. The number of amides is 1. The van der Waals surface area contributed by atoms with Gasteiger partial charge < -0.3 is 34.1 Å². The van der Waals surface area contributed by atoms with Crippen molar-refractivity contribution in [2.75, 3.05) is 73.1 Å². The van der Waals surface area contributed by atoms with Crippen molar-refractivity contribution in [1.29, 1.82) is 0 Å². The molecule has 2 aromatic heterocycles. The van der Waals surface area contributed by atoms with Gasteiger partial charge in [0.05, 0.1) is 38.5 Å². The number of methoxy groups -OCH3 is 2. The number of carbonyl (C=O) groups is 1. The van der Waals surface area contributed by atoms with Crippen LogP contribution in [0.15, 0.2) is 41.3 Å². The Hall–Kier alpha value is -3.71. The summed E-state index contributed by atoms with van der Waals surface area (Å²) >= 11 is 6.70. The van der Waals surface area contributed by atoms with Crippen LogP contribution in [0.1, 0.15) is 12.8 Å². The maximum Gasteiger partial charge on any atom is 0.260 e. The third-order valence-corrected chi connectivity index (χ3v) is 8.09. The van der Waals surface area contributed by atoms with E-state index in [0.29, 0.717) is 77.5 Å². The topological polar surface area (TPSA) is 120 Å². The molecule has 0 bridgehead atoms. The number of halogens is 1. The Morgan fingerprint density at radius 2 is 1.93 bits per heavy atom. The molecular formula is C31H39ClN6O6. The molecule has 236 valence electrons. The minimum absolute atomic E-state index is 0.0338. The van der Waals surface area contributed by atoms with Crippen molar-refractivity contribution in [3.8, 4) is 22.6 Å². The van der Waals surface area contributed by atoms with Gasteiger partial charge in [-0.25, -0.2) is 4.98 Å². The maximum absolute atomic E-state index is 14.1. The lowest BCUT2D eigenvalue weighted by Gasteiger charge is -2.38. The molecule has 0 radical (unpaired) electrons. The number of ether oxygens (including phenoxy) is 4. The van der Waals surface area contributed by atoms with Crippen LogP contribution in [-0.2, 0) is 20.8 Å². The number of likely N-dealkylation sites (N-methyl/N-ethyl adjacent to an activating group) is 1. The second-order valence-electron chi connectivity index (χ2n) is 11.1. The lowest BCUT2D eigenvalue weighted by molar-refractivity contribution is -0.139. The zero-order valence-electron chi connectivity index (χ0n) is 25.5. The SMILES string of the molecule is COc1cc(OC)c(Cl)c(-c2cc3cnc(NC4CCOCC4)nc3n(CCOC3CN(C(=O)C=CCN(C)C)C3)c2=O)c1. The van der Waals surface area contributed by atoms with Gasteiger partial charge in [-0.2, -0.15) is 4.98 Å². The van der Waals surface area contributed by atoms with Crippen molar-refractivity contribution in [2.45, 2.75) is 31.5 Å². The molecule has 0 unspecified atom stereocenters. The van der Waals surface area contributed by atoms with Crippen LogP contribution in [-0.4, -0.2) is 110 Å². The first-order valence-electron chi connectivity index (χ1n) is 14.7. The first-order valence-corrected chi connectivity index (χ1v) is 15.0. The Labute approximate surface area is 261 Å². The molecule has 44 heavy (non-hydrogen) atoms. The van der Waals surface area contributed by atoms with Gasteiger partial charge in [-0.3, -0.25) is 14.2 Å². The van der Waals surface area contributed by atoms with Crippen molar-refractivity contribution in [2.24, 2.45) is 0 Å². The number of hydrogen-bond acceptors (Lipinski definition) is 10. The number of benzene rings is 1. The van der Waals surface area contributed by atoms with Gasteiger partial charge in [0.2, 0.25) is 11.9 Å². The molecule has 12 nitrogen and oxygen atoms in total. The summed E-state index contributed by atoms with van der Waals surface area (Å²) in [6.07, 6.45) is 6.74. The summed E-state index contributed by atoms with van der Waals surface area (Å²) in [5, 5.41) is 4.35. The largest absolute Gasteiger partial charge is 0.497 e. The van der Waals surface area contributed by atoms with Crippen LogP contribution in [0.4, 0.5) is 5.95 Å². The summed E-state index contributed by atoms with van der Waals surface area (Å²) in [5.41, 5.74) is 1.03. The van der Waals surface area contributed by atoms with Crippen LogP contribution < -0.4 is 20.3 Å². The number of likely N-dealkylation sites (tertiary alicyclic amines) is 1. The lowest BCUT2D eigenvalue weighted by atomic mass is 10.0. The van der Waals surface area contributed by atoms with Crippen LogP contribution in [0.3, 0.4) is 0 Å². The standard InChI is InChI=1S/C31H39ClN6O6/c1-36(2)9-5-6-27(39)37-18-23(19-37)44-13-10-38-29-20(17-33-31(35-29)34-21-7-11-43-12-8-21)14-25(30(38)40)24-15-22(41-3)16-26(42-4)28(24)32/h5-6,14-17,21,23H,7-13,18-19H2,1-4H3,(H,33,34,35). The van der Waals surface area contributed by atoms with Crippen molar-refractivity contribution >= 4 is 34.5 Å². The quantitative estimate of drug-likeness (QED) is 0.300. The Morgan fingerprint density at radius 3 is 2.64 bits per heavy atom. The summed E-state index contributed by atoms with van der Waals surface area (Å²) in [5.74, 6) is 1.31. The molecule has 1 amide bonds. The van der Waals surface area contributed by atoms with E-state index in [1.165, 1.54) is 7.11 Å². The first-order chi connectivity index (χ1) is 21.3. The molecule has 0 saturated carbocycles. The van der Waals surface area contributed by atoms with Gasteiger partial charge in [-0.15, -0.1) is 0 Å². The second kappa shape index (κ2) is 14.4. The zero-order chi connectivity index (χ0) is 31.2. The molecule has 0 spiro atoms. The van der Waals surface area contributed by atoms with Crippen LogP contribution in [0, 0.1) is 0 Å². The molecule has 4 heterocycles. The molecule has 13 heteroatoms. The maximum atomic E-state index is 14.1. The summed E-state index contributed by atoms with van der Waals surface area (Å²) < 4.78 is 24.0. The number of carbonyl (C=O) groups excluding carboxylic acids is 1. The molecule has 2 saturated heterocycles. The van der Waals surface area contributed by atoms with E-state index in [9.17, 15) is 9.59 Å². The second-order valence-corrected chi connectivity index (χ2v) is 11.5.